The van der Waals surface area contributed by atoms with E-state index in [1.54, 1.807) is 7.11 Å². The molecule has 1 aliphatic carbocycles. The monoisotopic (exact) mass is 372 g/mol. The van der Waals surface area contributed by atoms with Crippen molar-refractivity contribution in [2.75, 3.05) is 39.9 Å². The lowest BCUT2D eigenvalue weighted by Gasteiger charge is -2.52. The fraction of sp³-hybridized carbons (Fsp3) is 0.739. The van der Waals surface area contributed by atoms with Crippen LogP contribution in [-0.2, 0) is 6.54 Å². The molecule has 2 bridgehead atoms. The van der Waals surface area contributed by atoms with Crippen LogP contribution in [0.1, 0.15) is 51.0 Å². The lowest BCUT2D eigenvalue weighted by molar-refractivity contribution is -0.0290. The van der Waals surface area contributed by atoms with E-state index in [1.165, 1.54) is 70.3 Å². The van der Waals surface area contributed by atoms with E-state index >= 15 is 0 Å². The molecule has 1 saturated carbocycles. The zero-order valence-corrected chi connectivity index (χ0v) is 17.2. The van der Waals surface area contributed by atoms with Crippen molar-refractivity contribution in [3.8, 4) is 11.5 Å². The van der Waals surface area contributed by atoms with Gasteiger partial charge in [-0.05, 0) is 75.2 Å². The molecule has 4 rings (SSSR count). The van der Waals surface area contributed by atoms with Crippen molar-refractivity contribution in [1.29, 1.82) is 0 Å². The molecule has 0 radical (unpaired) electrons. The molecular weight excluding hydrogens is 336 g/mol. The van der Waals surface area contributed by atoms with Crippen molar-refractivity contribution >= 4 is 0 Å². The third-order valence-corrected chi connectivity index (χ3v) is 6.85. The molecule has 0 spiro atoms. The molecule has 4 heteroatoms. The van der Waals surface area contributed by atoms with Crippen LogP contribution in [0, 0.1) is 11.8 Å². The number of methoxy groups -OCH3 is 1. The number of ether oxygens (including phenoxy) is 2. The van der Waals surface area contributed by atoms with E-state index in [4.69, 9.17) is 9.47 Å². The average Bonchev–Trinajstić information content (AvgIpc) is 2.69. The third-order valence-electron chi connectivity index (χ3n) is 6.85. The van der Waals surface area contributed by atoms with Gasteiger partial charge in [-0.1, -0.05) is 18.9 Å². The normalized spacial score (nSPS) is 29.5. The summed E-state index contributed by atoms with van der Waals surface area (Å²) in [5, 5.41) is 0. The Labute approximate surface area is 164 Å². The molecule has 0 aromatic heterocycles. The van der Waals surface area contributed by atoms with Crippen molar-refractivity contribution < 1.29 is 9.47 Å². The van der Waals surface area contributed by atoms with Crippen LogP contribution in [0.25, 0.3) is 0 Å². The van der Waals surface area contributed by atoms with Crippen LogP contribution in [0.15, 0.2) is 18.2 Å². The summed E-state index contributed by atoms with van der Waals surface area (Å²) in [5.41, 5.74) is 1.34. The Morgan fingerprint density at radius 3 is 2.37 bits per heavy atom. The second-order valence-electron chi connectivity index (χ2n) is 8.65. The lowest BCUT2D eigenvalue weighted by atomic mass is 9.72. The molecule has 2 aliphatic heterocycles. The number of fused-ring (bicyclic) bond motifs is 2. The number of hydrogen-bond acceptors (Lipinski definition) is 4. The second-order valence-corrected chi connectivity index (χ2v) is 8.65. The molecule has 3 aliphatic rings. The highest BCUT2D eigenvalue weighted by molar-refractivity contribution is 5.43. The number of hydrogen-bond donors (Lipinski definition) is 0. The number of benzene rings is 1. The van der Waals surface area contributed by atoms with E-state index in [0.717, 1.165) is 35.9 Å². The zero-order chi connectivity index (χ0) is 18.6. The minimum Gasteiger partial charge on any atom is -0.493 e. The molecular formula is C23H36N2O2. The summed E-state index contributed by atoms with van der Waals surface area (Å²) >= 11 is 0. The number of rotatable bonds is 6. The molecule has 2 saturated heterocycles. The predicted molar refractivity (Wildman–Crippen MR) is 109 cm³/mol. The SMILES string of the molecule is CCOc1ccc(CN2C[C@H]3CCC[C@H](C2)C3N2CCCCC2)cc1OC. The first kappa shape index (κ1) is 19.1. The van der Waals surface area contributed by atoms with Gasteiger partial charge in [0.1, 0.15) is 0 Å². The first-order chi connectivity index (χ1) is 13.3. The molecule has 4 nitrogen and oxygen atoms in total. The largest absolute Gasteiger partial charge is 0.493 e. The summed E-state index contributed by atoms with van der Waals surface area (Å²) in [6.07, 6.45) is 8.52. The summed E-state index contributed by atoms with van der Waals surface area (Å²) < 4.78 is 11.2. The maximum Gasteiger partial charge on any atom is 0.161 e. The Hall–Kier alpha value is -1.26. The highest BCUT2D eigenvalue weighted by atomic mass is 16.5. The number of piperidine rings is 2. The van der Waals surface area contributed by atoms with E-state index in [1.807, 2.05) is 6.92 Å². The maximum atomic E-state index is 5.67. The van der Waals surface area contributed by atoms with Crippen molar-refractivity contribution in [1.82, 2.24) is 9.80 Å². The molecule has 1 aromatic rings. The van der Waals surface area contributed by atoms with Crippen LogP contribution in [0.5, 0.6) is 11.5 Å². The van der Waals surface area contributed by atoms with Gasteiger partial charge in [-0.3, -0.25) is 9.80 Å². The van der Waals surface area contributed by atoms with Gasteiger partial charge in [0, 0.05) is 25.7 Å². The van der Waals surface area contributed by atoms with Gasteiger partial charge in [0.15, 0.2) is 11.5 Å². The number of nitrogens with zero attached hydrogens (tertiary/aromatic N) is 2. The second kappa shape index (κ2) is 8.83. The zero-order valence-electron chi connectivity index (χ0n) is 17.2. The topological polar surface area (TPSA) is 24.9 Å². The lowest BCUT2D eigenvalue weighted by Crippen LogP contribution is -2.58. The average molecular weight is 373 g/mol. The Kier molecular flexibility index (Phi) is 6.24. The van der Waals surface area contributed by atoms with E-state index in [2.05, 4.69) is 28.0 Å². The smallest absolute Gasteiger partial charge is 0.161 e. The van der Waals surface area contributed by atoms with Crippen LogP contribution in [0.2, 0.25) is 0 Å². The highest BCUT2D eigenvalue weighted by Crippen LogP contribution is 2.39. The van der Waals surface area contributed by atoms with Gasteiger partial charge >= 0.3 is 0 Å². The first-order valence-electron chi connectivity index (χ1n) is 11.0. The molecule has 3 fully saturated rings. The van der Waals surface area contributed by atoms with Gasteiger partial charge < -0.3 is 9.47 Å². The Morgan fingerprint density at radius 2 is 1.70 bits per heavy atom. The number of likely N-dealkylation sites (tertiary alicyclic amines) is 2. The molecule has 0 amide bonds. The Bertz CT molecular complexity index is 600. The van der Waals surface area contributed by atoms with Gasteiger partial charge in [-0.25, -0.2) is 0 Å². The van der Waals surface area contributed by atoms with Gasteiger partial charge in [0.05, 0.1) is 13.7 Å². The molecule has 150 valence electrons. The minimum atomic E-state index is 0.670. The van der Waals surface area contributed by atoms with Gasteiger partial charge in [-0.2, -0.15) is 0 Å². The fourth-order valence-corrected chi connectivity index (χ4v) is 5.79. The Balaban J connectivity index is 1.43. The summed E-state index contributed by atoms with van der Waals surface area (Å²) in [4.78, 5) is 5.55. The van der Waals surface area contributed by atoms with E-state index < -0.39 is 0 Å². The predicted octanol–water partition coefficient (Wildman–Crippen LogP) is 4.18. The van der Waals surface area contributed by atoms with E-state index in [9.17, 15) is 0 Å². The summed E-state index contributed by atoms with van der Waals surface area (Å²) in [5.74, 6) is 3.43. The molecule has 2 atom stereocenters. The van der Waals surface area contributed by atoms with Crippen molar-refractivity contribution in [3.63, 3.8) is 0 Å². The molecule has 0 N–H and O–H groups in total. The van der Waals surface area contributed by atoms with Crippen LogP contribution in [0.3, 0.4) is 0 Å². The Morgan fingerprint density at radius 1 is 0.963 bits per heavy atom. The standard InChI is InChI=1S/C23H36N2O2/c1-3-27-21-11-10-18(14-22(21)26-2)15-24-16-19-8-7-9-20(17-24)23(19)25-12-5-4-6-13-25/h10-11,14,19-20,23H,3-9,12-13,15-17H2,1-2H3/t19-,20-/m1/s1. The molecule has 27 heavy (non-hydrogen) atoms. The van der Waals surface area contributed by atoms with Crippen LogP contribution >= 0.6 is 0 Å². The van der Waals surface area contributed by atoms with Crippen molar-refractivity contribution in [3.05, 3.63) is 23.8 Å². The first-order valence-corrected chi connectivity index (χ1v) is 11.0. The van der Waals surface area contributed by atoms with Gasteiger partial charge in [0.2, 0.25) is 0 Å². The van der Waals surface area contributed by atoms with E-state index in [0.29, 0.717) is 6.61 Å². The fourth-order valence-electron chi connectivity index (χ4n) is 5.79. The summed E-state index contributed by atoms with van der Waals surface area (Å²) in [6, 6.07) is 7.29. The van der Waals surface area contributed by atoms with Gasteiger partial charge in [-0.15, -0.1) is 0 Å². The third kappa shape index (κ3) is 4.27. The highest BCUT2D eigenvalue weighted by Gasteiger charge is 2.42. The van der Waals surface area contributed by atoms with Gasteiger partial charge in [0.25, 0.3) is 0 Å². The summed E-state index contributed by atoms with van der Waals surface area (Å²) in [7, 11) is 1.73. The van der Waals surface area contributed by atoms with Crippen LogP contribution in [-0.4, -0.2) is 55.7 Å². The van der Waals surface area contributed by atoms with Crippen molar-refractivity contribution in [2.24, 2.45) is 11.8 Å². The molecule has 0 unspecified atom stereocenters. The van der Waals surface area contributed by atoms with E-state index in [-0.39, 0.29) is 0 Å². The van der Waals surface area contributed by atoms with Crippen LogP contribution in [0.4, 0.5) is 0 Å². The molecule has 2 heterocycles. The summed E-state index contributed by atoms with van der Waals surface area (Å²) in [6.45, 7) is 8.91. The quantitative estimate of drug-likeness (QED) is 0.748. The maximum absolute atomic E-state index is 5.67. The minimum absolute atomic E-state index is 0.670. The van der Waals surface area contributed by atoms with Crippen molar-refractivity contribution in [2.45, 2.75) is 58.0 Å². The molecule has 1 aromatic carbocycles. The van der Waals surface area contributed by atoms with Crippen LogP contribution < -0.4 is 9.47 Å².